The van der Waals surface area contributed by atoms with Gasteiger partial charge in [-0.25, -0.2) is 4.98 Å². The minimum Gasteiger partial charge on any atom is -0.334 e. The third-order valence-corrected chi connectivity index (χ3v) is 3.72. The van der Waals surface area contributed by atoms with Crippen molar-refractivity contribution < 1.29 is 4.79 Å². The first-order chi connectivity index (χ1) is 9.78. The number of rotatable bonds is 5. The van der Waals surface area contributed by atoms with Gasteiger partial charge in [-0.2, -0.15) is 0 Å². The Balaban J connectivity index is 1.80. The maximum absolute atomic E-state index is 11.7. The Morgan fingerprint density at radius 2 is 2.30 bits per heavy atom. The molecule has 0 unspecified atom stereocenters. The summed E-state index contributed by atoms with van der Waals surface area (Å²) in [6.45, 7) is 3.60. The van der Waals surface area contributed by atoms with Gasteiger partial charge < -0.3 is 9.72 Å². The zero-order valence-corrected chi connectivity index (χ0v) is 11.7. The summed E-state index contributed by atoms with van der Waals surface area (Å²) in [6, 6.07) is 5.92. The maximum Gasteiger partial charge on any atom is 0.235 e. The second kappa shape index (κ2) is 5.63. The van der Waals surface area contributed by atoms with E-state index in [9.17, 15) is 4.79 Å². The van der Waals surface area contributed by atoms with Gasteiger partial charge in [0.1, 0.15) is 11.8 Å². The molecule has 1 aliphatic rings. The molecule has 2 aromatic heterocycles. The van der Waals surface area contributed by atoms with E-state index >= 15 is 0 Å². The monoisotopic (exact) mass is 272 g/mol. The van der Waals surface area contributed by atoms with Crippen molar-refractivity contribution >= 4 is 11.6 Å². The normalized spacial score (nSPS) is 19.6. The Labute approximate surface area is 118 Å². The first kappa shape index (κ1) is 13.1. The topological polar surface area (TPSA) is 49.6 Å². The summed E-state index contributed by atoms with van der Waals surface area (Å²) in [5, 5.41) is 3.02. The number of nitrogens with zero attached hydrogens (tertiary/aromatic N) is 3. The van der Waals surface area contributed by atoms with Crippen molar-refractivity contribution in [3.05, 3.63) is 36.3 Å². The lowest BCUT2D eigenvalue weighted by Gasteiger charge is -2.21. The fraction of sp³-hybridized carbons (Fsp3) is 0.467. The Kier molecular flexibility index (Phi) is 3.69. The highest BCUT2D eigenvalue weighted by Crippen LogP contribution is 2.22. The number of aromatic nitrogens is 2. The lowest BCUT2D eigenvalue weighted by atomic mass is 10.2. The van der Waals surface area contributed by atoms with E-state index in [1.54, 1.807) is 0 Å². The molecule has 5 heteroatoms. The van der Waals surface area contributed by atoms with Crippen LogP contribution in [0.3, 0.4) is 0 Å². The fourth-order valence-corrected chi connectivity index (χ4v) is 2.69. The molecule has 20 heavy (non-hydrogen) atoms. The molecule has 1 atom stereocenters. The van der Waals surface area contributed by atoms with Gasteiger partial charge in [0.15, 0.2) is 0 Å². The third-order valence-electron chi connectivity index (χ3n) is 3.72. The van der Waals surface area contributed by atoms with Crippen LogP contribution in [0, 0.1) is 0 Å². The Morgan fingerprint density at radius 3 is 3.10 bits per heavy atom. The van der Waals surface area contributed by atoms with Gasteiger partial charge in [0.25, 0.3) is 0 Å². The van der Waals surface area contributed by atoms with Crippen LogP contribution in [0.4, 0.5) is 0 Å². The van der Waals surface area contributed by atoms with Crippen LogP contribution >= 0.6 is 0 Å². The van der Waals surface area contributed by atoms with Gasteiger partial charge in [-0.3, -0.25) is 9.69 Å². The van der Waals surface area contributed by atoms with Gasteiger partial charge >= 0.3 is 0 Å². The smallest absolute Gasteiger partial charge is 0.235 e. The molecule has 0 saturated carbocycles. The first-order valence-corrected chi connectivity index (χ1v) is 7.25. The highest BCUT2D eigenvalue weighted by atomic mass is 16.2. The Bertz CT molecular complexity index is 574. The largest absolute Gasteiger partial charge is 0.334 e. The minimum atomic E-state index is -0.0840. The van der Waals surface area contributed by atoms with Crippen molar-refractivity contribution in [2.45, 2.75) is 32.4 Å². The number of hydrogen-bond acceptors (Lipinski definition) is 3. The average molecular weight is 272 g/mol. The highest BCUT2D eigenvalue weighted by Gasteiger charge is 2.31. The number of carbonyl (C=O) groups excluding carboxylic acids is 1. The second-order valence-corrected chi connectivity index (χ2v) is 5.28. The van der Waals surface area contributed by atoms with E-state index in [0.29, 0.717) is 6.54 Å². The van der Waals surface area contributed by atoms with Gasteiger partial charge in [0.05, 0.1) is 12.2 Å². The molecule has 1 N–H and O–H groups in total. The second-order valence-electron chi connectivity index (χ2n) is 5.28. The summed E-state index contributed by atoms with van der Waals surface area (Å²) < 4.78 is 1.99. The zero-order chi connectivity index (χ0) is 13.9. The summed E-state index contributed by atoms with van der Waals surface area (Å²) >= 11 is 0. The van der Waals surface area contributed by atoms with E-state index in [1.807, 2.05) is 35.0 Å². The predicted molar refractivity (Wildman–Crippen MR) is 77.2 cm³/mol. The molecular formula is C15H20N4O. The van der Waals surface area contributed by atoms with Gasteiger partial charge in [-0.15, -0.1) is 0 Å². The maximum atomic E-state index is 11.7. The standard InChI is InChI=1S/C15H20N4O/c1-2-3-5-9-19-11-14(20)17-15(19)12-10-18-8-6-4-7-13(18)16-12/h4,6-8,10,15H,2-3,5,9,11H2,1H3,(H,17,20)/t15-/m0/s1. The molecule has 3 heterocycles. The van der Waals surface area contributed by atoms with Crippen molar-refractivity contribution in [2.24, 2.45) is 0 Å². The molecule has 0 aliphatic carbocycles. The predicted octanol–water partition coefficient (Wildman–Crippen LogP) is 1.95. The number of pyridine rings is 1. The van der Waals surface area contributed by atoms with Gasteiger partial charge in [-0.1, -0.05) is 25.8 Å². The molecule has 1 saturated heterocycles. The van der Waals surface area contributed by atoms with Gasteiger partial charge in [0.2, 0.25) is 5.91 Å². The first-order valence-electron chi connectivity index (χ1n) is 7.25. The fourth-order valence-electron chi connectivity index (χ4n) is 2.69. The number of unbranched alkanes of at least 4 members (excludes halogenated alkanes) is 2. The molecule has 0 aromatic carbocycles. The molecule has 106 valence electrons. The number of carbonyl (C=O) groups is 1. The van der Waals surface area contributed by atoms with Crippen LogP contribution in [0.2, 0.25) is 0 Å². The molecule has 1 amide bonds. The summed E-state index contributed by atoms with van der Waals surface area (Å²) in [6.07, 6.45) is 7.40. The molecule has 1 fully saturated rings. The van der Waals surface area contributed by atoms with Crippen LogP contribution in [0.15, 0.2) is 30.6 Å². The zero-order valence-electron chi connectivity index (χ0n) is 11.7. The molecule has 2 aromatic rings. The van der Waals surface area contributed by atoms with Crippen molar-refractivity contribution in [1.29, 1.82) is 0 Å². The summed E-state index contributed by atoms with van der Waals surface area (Å²) in [5.41, 5.74) is 1.83. The van der Waals surface area contributed by atoms with Crippen LogP contribution in [0.25, 0.3) is 5.65 Å². The van der Waals surface area contributed by atoms with E-state index in [1.165, 1.54) is 12.8 Å². The van der Waals surface area contributed by atoms with E-state index in [4.69, 9.17) is 0 Å². The van der Waals surface area contributed by atoms with Gasteiger partial charge in [0, 0.05) is 18.9 Å². The van der Waals surface area contributed by atoms with Crippen LogP contribution in [0.5, 0.6) is 0 Å². The van der Waals surface area contributed by atoms with E-state index in [-0.39, 0.29) is 12.1 Å². The number of nitrogens with one attached hydrogen (secondary N) is 1. The average Bonchev–Trinajstić information content (AvgIpc) is 3.02. The van der Waals surface area contributed by atoms with Crippen LogP contribution in [-0.4, -0.2) is 33.3 Å². The van der Waals surface area contributed by atoms with Crippen LogP contribution in [0.1, 0.15) is 38.0 Å². The molecule has 3 rings (SSSR count). The van der Waals surface area contributed by atoms with E-state index in [0.717, 1.165) is 24.3 Å². The molecule has 1 aliphatic heterocycles. The number of hydrogen-bond donors (Lipinski definition) is 1. The Hall–Kier alpha value is -1.88. The summed E-state index contributed by atoms with van der Waals surface area (Å²) in [7, 11) is 0. The van der Waals surface area contributed by atoms with Crippen molar-refractivity contribution in [2.75, 3.05) is 13.1 Å². The summed E-state index contributed by atoms with van der Waals surface area (Å²) in [5.74, 6) is 0.0866. The number of amides is 1. The van der Waals surface area contributed by atoms with Crippen LogP contribution < -0.4 is 5.32 Å². The van der Waals surface area contributed by atoms with E-state index in [2.05, 4.69) is 22.1 Å². The van der Waals surface area contributed by atoms with Gasteiger partial charge in [-0.05, 0) is 18.6 Å². The van der Waals surface area contributed by atoms with Crippen LogP contribution in [-0.2, 0) is 4.79 Å². The van der Waals surface area contributed by atoms with Crippen molar-refractivity contribution in [1.82, 2.24) is 19.6 Å². The third kappa shape index (κ3) is 2.54. The molecular weight excluding hydrogens is 252 g/mol. The summed E-state index contributed by atoms with van der Waals surface area (Å²) in [4.78, 5) is 18.5. The molecule has 5 nitrogen and oxygen atoms in total. The minimum absolute atomic E-state index is 0.0840. The highest BCUT2D eigenvalue weighted by molar-refractivity contribution is 5.80. The van der Waals surface area contributed by atoms with E-state index < -0.39 is 0 Å². The quantitative estimate of drug-likeness (QED) is 0.846. The SMILES string of the molecule is CCCCCN1CC(=O)N[C@@H]1c1cn2ccccc2n1. The van der Waals surface area contributed by atoms with Crippen molar-refractivity contribution in [3.8, 4) is 0 Å². The lowest BCUT2D eigenvalue weighted by molar-refractivity contribution is -0.118. The van der Waals surface area contributed by atoms with Crippen molar-refractivity contribution in [3.63, 3.8) is 0 Å². The lowest BCUT2D eigenvalue weighted by Crippen LogP contribution is -2.28. The Morgan fingerprint density at radius 1 is 1.40 bits per heavy atom. The number of imidazole rings is 1. The molecule has 0 bridgehead atoms. The number of fused-ring (bicyclic) bond motifs is 1. The molecule has 0 spiro atoms. The molecule has 0 radical (unpaired) electrons.